The second-order valence-corrected chi connectivity index (χ2v) is 19.2. The zero-order valence-electron chi connectivity index (χ0n) is 22.8. The second kappa shape index (κ2) is 8.33. The van der Waals surface area contributed by atoms with Crippen molar-refractivity contribution in [3.8, 4) is 0 Å². The molecule has 0 heterocycles. The molecular weight excluding hydrogens is 452 g/mol. The molecule has 0 bridgehead atoms. The van der Waals surface area contributed by atoms with Gasteiger partial charge in [0.15, 0.2) is 0 Å². The van der Waals surface area contributed by atoms with E-state index in [1.807, 2.05) is 0 Å². The molecule has 0 spiro atoms. The van der Waals surface area contributed by atoms with Gasteiger partial charge in [0.2, 0.25) is 0 Å². The summed E-state index contributed by atoms with van der Waals surface area (Å²) >= 11 is -2.46. The van der Waals surface area contributed by atoms with Gasteiger partial charge in [-0.1, -0.05) is 0 Å². The van der Waals surface area contributed by atoms with Crippen LogP contribution in [0.1, 0.15) is 125 Å². The van der Waals surface area contributed by atoms with Gasteiger partial charge in [-0.05, 0) is 0 Å². The van der Waals surface area contributed by atoms with Gasteiger partial charge >= 0.3 is 188 Å². The first kappa shape index (κ1) is 28.7. The Kier molecular flexibility index (Phi) is 8.53. The molecule has 0 aliphatic rings. The quantitative estimate of drug-likeness (QED) is 0.396. The summed E-state index contributed by atoms with van der Waals surface area (Å²) in [5.74, 6) is 0. The van der Waals surface area contributed by atoms with Crippen LogP contribution in [0.4, 0.5) is 0 Å². The number of nitrogens with zero attached hydrogens (tertiary/aromatic N) is 3. The minimum atomic E-state index is -2.46. The van der Waals surface area contributed by atoms with Gasteiger partial charge < -0.3 is 0 Å². The average molecular weight is 506 g/mol. The summed E-state index contributed by atoms with van der Waals surface area (Å²) in [5.41, 5.74) is 0.527. The summed E-state index contributed by atoms with van der Waals surface area (Å²) in [6.45, 7) is 43.3. The summed E-state index contributed by atoms with van der Waals surface area (Å²) < 4.78 is 8.74. The molecule has 0 aliphatic heterocycles. The third kappa shape index (κ3) is 7.43. The maximum absolute atomic E-state index is 2.91. The number of hydrogen-bond acceptors (Lipinski definition) is 3. The minimum absolute atomic E-state index is 0.0878. The Balaban J connectivity index is 7.30. The third-order valence-corrected chi connectivity index (χ3v) is 17.7. The standard InChI is InChI=1S/3C8H18N.Sb/c3*1-7(2,3)9-8(4,5)6;/h3*1-6H3;/q3*-1;+3. The fraction of sp³-hybridized carbons (Fsp3) is 1.00. The summed E-state index contributed by atoms with van der Waals surface area (Å²) in [4.78, 5) is 0. The third-order valence-electron chi connectivity index (χ3n) is 4.35. The van der Waals surface area contributed by atoms with Gasteiger partial charge in [0.05, 0.1) is 0 Å². The molecule has 170 valence electrons. The van der Waals surface area contributed by atoms with Gasteiger partial charge in [-0.2, -0.15) is 0 Å². The van der Waals surface area contributed by atoms with E-state index in [9.17, 15) is 0 Å². The molecule has 0 saturated carbocycles. The molecule has 4 heteroatoms. The van der Waals surface area contributed by atoms with Crippen molar-refractivity contribution in [3.05, 3.63) is 0 Å². The molecular formula is C24H54N3Sb. The van der Waals surface area contributed by atoms with Crippen LogP contribution in [-0.2, 0) is 0 Å². The van der Waals surface area contributed by atoms with Gasteiger partial charge in [-0.15, -0.1) is 0 Å². The van der Waals surface area contributed by atoms with Crippen LogP contribution in [0.2, 0.25) is 0 Å². The molecule has 0 aromatic carbocycles. The monoisotopic (exact) mass is 505 g/mol. The summed E-state index contributed by atoms with van der Waals surface area (Å²) in [5, 5.41) is 0. The van der Waals surface area contributed by atoms with Crippen LogP contribution < -0.4 is 0 Å². The van der Waals surface area contributed by atoms with Crippen LogP contribution in [0.15, 0.2) is 0 Å². The zero-order chi connectivity index (χ0) is 23.3. The fourth-order valence-electron chi connectivity index (χ4n) is 4.90. The van der Waals surface area contributed by atoms with Crippen LogP contribution in [-0.4, -0.2) is 63.5 Å². The van der Waals surface area contributed by atoms with Crippen LogP contribution in [0.25, 0.3) is 0 Å². The summed E-state index contributed by atoms with van der Waals surface area (Å²) in [6, 6.07) is 0. The Bertz CT molecular complexity index is 381. The topological polar surface area (TPSA) is 9.72 Å². The molecule has 0 aromatic rings. The van der Waals surface area contributed by atoms with Crippen molar-refractivity contribution in [1.82, 2.24) is 9.18 Å². The van der Waals surface area contributed by atoms with Crippen molar-refractivity contribution < 1.29 is 0 Å². The Hall–Kier alpha value is 0.698. The van der Waals surface area contributed by atoms with E-state index in [0.717, 1.165) is 0 Å². The molecule has 0 saturated heterocycles. The molecule has 0 radical (unpaired) electrons. The van der Waals surface area contributed by atoms with E-state index < -0.39 is 21.0 Å². The van der Waals surface area contributed by atoms with E-state index in [0.29, 0.717) is 0 Å². The van der Waals surface area contributed by atoms with Crippen LogP contribution in [0.3, 0.4) is 0 Å². The normalized spacial score (nSPS) is 16.1. The molecule has 28 heavy (non-hydrogen) atoms. The Morgan fingerprint density at radius 2 is 0.393 bits per heavy atom. The van der Waals surface area contributed by atoms with E-state index in [1.54, 1.807) is 0 Å². The summed E-state index contributed by atoms with van der Waals surface area (Å²) in [6.07, 6.45) is 0. The van der Waals surface area contributed by atoms with Crippen LogP contribution in [0, 0.1) is 0 Å². The average Bonchev–Trinajstić information content (AvgIpc) is 2.13. The van der Waals surface area contributed by atoms with E-state index >= 15 is 0 Å². The van der Waals surface area contributed by atoms with Gasteiger partial charge in [-0.25, -0.2) is 0 Å². The Morgan fingerprint density at radius 1 is 0.286 bits per heavy atom. The molecule has 0 unspecified atom stereocenters. The molecule has 0 amide bonds. The Morgan fingerprint density at radius 3 is 0.464 bits per heavy atom. The van der Waals surface area contributed by atoms with Gasteiger partial charge in [0, 0.05) is 0 Å². The van der Waals surface area contributed by atoms with Crippen molar-refractivity contribution in [2.45, 2.75) is 158 Å². The Labute approximate surface area is 187 Å². The van der Waals surface area contributed by atoms with Crippen molar-refractivity contribution in [2.24, 2.45) is 0 Å². The van der Waals surface area contributed by atoms with Crippen molar-refractivity contribution in [1.29, 1.82) is 0 Å². The molecule has 0 aromatic heterocycles. The zero-order valence-corrected chi connectivity index (χ0v) is 25.3. The molecule has 0 aliphatic carbocycles. The van der Waals surface area contributed by atoms with Crippen molar-refractivity contribution in [3.63, 3.8) is 0 Å². The maximum atomic E-state index is 2.91. The molecule has 0 atom stereocenters. The van der Waals surface area contributed by atoms with Crippen LogP contribution >= 0.6 is 0 Å². The van der Waals surface area contributed by atoms with E-state index in [4.69, 9.17) is 0 Å². The van der Waals surface area contributed by atoms with Gasteiger partial charge in [0.1, 0.15) is 0 Å². The predicted octanol–water partition coefficient (Wildman–Crippen LogP) is 6.67. The van der Waals surface area contributed by atoms with E-state index in [-0.39, 0.29) is 33.2 Å². The summed E-state index contributed by atoms with van der Waals surface area (Å²) in [7, 11) is 0. The van der Waals surface area contributed by atoms with E-state index in [1.165, 1.54) is 0 Å². The fourth-order valence-corrected chi connectivity index (χ4v) is 15.6. The molecule has 0 rings (SSSR count). The van der Waals surface area contributed by atoms with Gasteiger partial charge in [-0.3, -0.25) is 0 Å². The SMILES string of the molecule is CC(C)(C)[N]([Sb]([N](C(C)(C)C)C(C)(C)C)[N](C(C)(C)C)C(C)(C)C)C(C)(C)C. The molecule has 0 N–H and O–H groups in total. The first-order chi connectivity index (χ1) is 11.7. The van der Waals surface area contributed by atoms with E-state index in [2.05, 4.69) is 134 Å². The predicted molar refractivity (Wildman–Crippen MR) is 130 cm³/mol. The first-order valence-electron chi connectivity index (χ1n) is 10.9. The first-order valence-corrected chi connectivity index (χ1v) is 14.4. The number of rotatable bonds is 3. The number of hydrogen-bond donors (Lipinski definition) is 0. The second-order valence-electron chi connectivity index (χ2n) is 14.2. The van der Waals surface area contributed by atoms with Crippen molar-refractivity contribution >= 4 is 21.0 Å². The van der Waals surface area contributed by atoms with Gasteiger partial charge in [0.25, 0.3) is 0 Å². The van der Waals surface area contributed by atoms with Crippen molar-refractivity contribution in [2.75, 3.05) is 0 Å². The van der Waals surface area contributed by atoms with Crippen LogP contribution in [0.5, 0.6) is 0 Å². The molecule has 0 fully saturated rings. The molecule has 3 nitrogen and oxygen atoms in total.